The van der Waals surface area contributed by atoms with Crippen molar-refractivity contribution in [3.63, 3.8) is 0 Å². The molecule has 3 aromatic carbocycles. The van der Waals surface area contributed by atoms with Gasteiger partial charge < -0.3 is 25.2 Å². The lowest BCUT2D eigenvalue weighted by Crippen LogP contribution is -2.38. The van der Waals surface area contributed by atoms with Gasteiger partial charge in [0.2, 0.25) is 5.16 Å². The molecule has 42 heavy (non-hydrogen) atoms. The van der Waals surface area contributed by atoms with Gasteiger partial charge in [-0.1, -0.05) is 79.3 Å². The Morgan fingerprint density at radius 3 is 2.45 bits per heavy atom. The first-order chi connectivity index (χ1) is 20.4. The monoisotopic (exact) mass is 588 g/mol. The number of aromatic nitrogens is 4. The highest BCUT2D eigenvalue weighted by Crippen LogP contribution is 2.43. The van der Waals surface area contributed by atoms with E-state index >= 15 is 0 Å². The Bertz CT molecular complexity index is 1480. The molecule has 1 saturated heterocycles. The molecule has 0 spiro atoms. The number of hydrogen-bond donors (Lipinski definition) is 3. The van der Waals surface area contributed by atoms with E-state index in [4.69, 9.17) is 9.47 Å². The number of urea groups is 1. The molecule has 0 radical (unpaired) electrons. The summed E-state index contributed by atoms with van der Waals surface area (Å²) < 4.78 is 14.9. The molecule has 220 valence electrons. The minimum Gasteiger partial charge on any atom is -0.392 e. The number of ether oxygens (including phenoxy) is 2. The number of carbonyl (C=O) groups is 1. The number of benzene rings is 3. The number of nitrogens with one attached hydrogen (secondary N) is 2. The third kappa shape index (κ3) is 7.16. The van der Waals surface area contributed by atoms with E-state index in [1.807, 2.05) is 62.5 Å². The number of rotatable bonds is 10. The molecule has 4 aromatic rings. The second-order valence-corrected chi connectivity index (χ2v) is 11.2. The Morgan fingerprint density at radius 1 is 0.976 bits per heavy atom. The molecule has 1 aromatic heterocycles. The predicted octanol–water partition coefficient (Wildman–Crippen LogP) is 4.77. The Hall–Kier alpha value is -3.77. The van der Waals surface area contributed by atoms with Crippen molar-refractivity contribution < 1.29 is 19.4 Å². The van der Waals surface area contributed by atoms with Crippen LogP contribution in [0.2, 0.25) is 0 Å². The fraction of sp³-hybridized carbons (Fsp3) is 0.355. The summed E-state index contributed by atoms with van der Waals surface area (Å²) in [4.78, 5) is 11.9. The Kier molecular flexibility index (Phi) is 9.85. The smallest absolute Gasteiger partial charge is 0.315 e. The van der Waals surface area contributed by atoms with E-state index < -0.39 is 6.29 Å². The normalized spacial score (nSPS) is 20.3. The Balaban J connectivity index is 1.39. The van der Waals surface area contributed by atoms with Gasteiger partial charge in [-0.25, -0.2) is 9.48 Å². The summed E-state index contributed by atoms with van der Waals surface area (Å²) in [5, 5.41) is 27.7. The van der Waals surface area contributed by atoms with E-state index in [9.17, 15) is 9.90 Å². The Morgan fingerprint density at radius 2 is 1.74 bits per heavy atom. The summed E-state index contributed by atoms with van der Waals surface area (Å²) in [5.41, 5.74) is 5.87. The third-order valence-electron chi connectivity index (χ3n) is 7.29. The van der Waals surface area contributed by atoms with E-state index in [1.54, 1.807) is 16.4 Å². The topological polar surface area (TPSA) is 123 Å². The second-order valence-electron chi connectivity index (χ2n) is 10.3. The van der Waals surface area contributed by atoms with Gasteiger partial charge in [-0.3, -0.25) is 0 Å². The van der Waals surface area contributed by atoms with Crippen LogP contribution in [0.25, 0.3) is 11.1 Å². The maximum Gasteiger partial charge on any atom is 0.315 e. The number of nitrogens with zero attached hydrogens (tertiary/aromatic N) is 4. The van der Waals surface area contributed by atoms with Crippen LogP contribution in [0.3, 0.4) is 0 Å². The number of amides is 2. The molecule has 3 N–H and O–H groups in total. The van der Waals surface area contributed by atoms with Gasteiger partial charge in [0.15, 0.2) is 6.29 Å². The lowest BCUT2D eigenvalue weighted by atomic mass is 9.91. The van der Waals surface area contributed by atoms with Gasteiger partial charge >= 0.3 is 6.03 Å². The second kappa shape index (κ2) is 13.9. The largest absolute Gasteiger partial charge is 0.392 e. The number of hydrogen-bond acceptors (Lipinski definition) is 8. The highest BCUT2D eigenvalue weighted by atomic mass is 32.2. The number of carbonyl (C=O) groups excluding carboxylic acids is 1. The lowest BCUT2D eigenvalue weighted by molar-refractivity contribution is -0.268. The molecule has 4 unspecified atom stereocenters. The number of aliphatic hydroxyl groups excluding tert-OH is 1. The molecule has 2 amide bonds. The molecule has 2 heterocycles. The zero-order valence-electron chi connectivity index (χ0n) is 23.9. The molecule has 10 nitrogen and oxygen atoms in total. The van der Waals surface area contributed by atoms with Gasteiger partial charge in [-0.2, -0.15) is 0 Å². The van der Waals surface area contributed by atoms with Crippen LogP contribution in [-0.2, 0) is 29.7 Å². The van der Waals surface area contributed by atoms with Gasteiger partial charge in [-0.05, 0) is 57.3 Å². The van der Waals surface area contributed by atoms with Crippen LogP contribution < -0.4 is 10.6 Å². The van der Waals surface area contributed by atoms with Crippen molar-refractivity contribution in [2.45, 2.75) is 50.7 Å². The molecule has 4 atom stereocenters. The van der Waals surface area contributed by atoms with E-state index in [0.29, 0.717) is 18.8 Å². The highest BCUT2D eigenvalue weighted by Gasteiger charge is 2.38. The molecule has 1 fully saturated rings. The first kappa shape index (κ1) is 29.7. The van der Waals surface area contributed by atoms with E-state index in [1.165, 1.54) is 0 Å². The van der Waals surface area contributed by atoms with Crippen LogP contribution in [-0.4, -0.2) is 49.7 Å². The van der Waals surface area contributed by atoms with Gasteiger partial charge in [0.1, 0.15) is 0 Å². The molecule has 11 heteroatoms. The van der Waals surface area contributed by atoms with Crippen LogP contribution >= 0.6 is 11.8 Å². The fourth-order valence-corrected chi connectivity index (χ4v) is 5.95. The predicted molar refractivity (Wildman–Crippen MR) is 160 cm³/mol. The average Bonchev–Trinajstić information content (AvgIpc) is 3.44. The van der Waals surface area contributed by atoms with E-state index in [2.05, 4.69) is 57.3 Å². The first-order valence-electron chi connectivity index (χ1n) is 14.0. The number of aryl methyl sites for hydroxylation is 1. The zero-order valence-corrected chi connectivity index (χ0v) is 24.8. The fourth-order valence-electron chi connectivity index (χ4n) is 4.94. The van der Waals surface area contributed by atoms with Crippen molar-refractivity contribution in [1.29, 1.82) is 0 Å². The van der Waals surface area contributed by atoms with Crippen LogP contribution in [0.1, 0.15) is 48.5 Å². The van der Waals surface area contributed by atoms with Crippen LogP contribution in [0.5, 0.6) is 0 Å². The summed E-state index contributed by atoms with van der Waals surface area (Å²) in [7, 11) is 1.82. The highest BCUT2D eigenvalue weighted by molar-refractivity contribution is 7.99. The summed E-state index contributed by atoms with van der Waals surface area (Å²) >= 11 is 1.55. The molecule has 5 rings (SSSR count). The third-order valence-corrected chi connectivity index (χ3v) is 8.39. The average molecular weight is 589 g/mol. The van der Waals surface area contributed by atoms with Gasteiger partial charge in [-0.15, -0.1) is 5.10 Å². The molecule has 1 aliphatic heterocycles. The maximum absolute atomic E-state index is 11.9. The van der Waals surface area contributed by atoms with Gasteiger partial charge in [0, 0.05) is 37.4 Å². The first-order valence-corrected chi connectivity index (χ1v) is 15.0. The summed E-state index contributed by atoms with van der Waals surface area (Å²) in [5.74, 6) is 0.702. The van der Waals surface area contributed by atoms with Crippen molar-refractivity contribution >= 4 is 17.8 Å². The quantitative estimate of drug-likeness (QED) is 0.226. The van der Waals surface area contributed by atoms with Crippen LogP contribution in [0.15, 0.2) is 78.0 Å². The number of tetrazole rings is 1. The molecule has 1 aliphatic rings. The maximum atomic E-state index is 11.9. The molecular formula is C31H36N6O4S. The van der Waals surface area contributed by atoms with Crippen LogP contribution in [0, 0.1) is 5.92 Å². The molecule has 0 aliphatic carbocycles. The SMILES string of the molecule is CCNC(=O)NCc1cccc(-c2cccc(C3OC(CSc4nnnn4C)C(C)C(c4ccc(CO)cc4)O3)c2)c1. The van der Waals surface area contributed by atoms with Crippen molar-refractivity contribution in [3.8, 4) is 11.1 Å². The van der Waals surface area contributed by atoms with Gasteiger partial charge in [0.25, 0.3) is 0 Å². The summed E-state index contributed by atoms with van der Waals surface area (Å²) in [6, 6.07) is 24.0. The zero-order chi connectivity index (χ0) is 29.5. The molecular weight excluding hydrogens is 552 g/mol. The van der Waals surface area contributed by atoms with Gasteiger partial charge in [0.05, 0.1) is 18.8 Å². The molecule has 0 saturated carbocycles. The standard InChI is InChI=1S/C31H36N6O4S/c1-4-32-30(39)33-17-22-7-5-8-24(15-22)25-9-6-10-26(16-25)29-40-27(19-42-31-34-35-36-37(31)3)20(2)28(41-29)23-13-11-21(18-38)12-14-23/h5-16,20,27-29,38H,4,17-19H2,1-3H3,(H2,32,33,39). The summed E-state index contributed by atoms with van der Waals surface area (Å²) in [6.45, 7) is 5.03. The molecule has 0 bridgehead atoms. The van der Waals surface area contributed by atoms with E-state index in [0.717, 1.165) is 38.5 Å². The van der Waals surface area contributed by atoms with Crippen molar-refractivity contribution in [1.82, 2.24) is 30.8 Å². The lowest BCUT2D eigenvalue weighted by Gasteiger charge is -2.41. The number of thioether (sulfide) groups is 1. The van der Waals surface area contributed by atoms with E-state index in [-0.39, 0.29) is 30.8 Å². The minimum atomic E-state index is -0.588. The van der Waals surface area contributed by atoms with Crippen molar-refractivity contribution in [3.05, 3.63) is 95.1 Å². The van der Waals surface area contributed by atoms with Crippen molar-refractivity contribution in [2.24, 2.45) is 13.0 Å². The number of aliphatic hydroxyl groups is 1. The summed E-state index contributed by atoms with van der Waals surface area (Å²) in [6.07, 6.45) is -0.943. The Labute approximate surface area is 249 Å². The van der Waals surface area contributed by atoms with Crippen LogP contribution in [0.4, 0.5) is 4.79 Å². The minimum absolute atomic E-state index is 0.00587. The van der Waals surface area contributed by atoms with Crippen molar-refractivity contribution in [2.75, 3.05) is 12.3 Å².